The first-order chi connectivity index (χ1) is 13.1. The van der Waals surface area contributed by atoms with Crippen molar-refractivity contribution >= 4 is 44.8 Å². The van der Waals surface area contributed by atoms with Gasteiger partial charge in [-0.2, -0.15) is 0 Å². The molecule has 152 valence electrons. The average molecular weight is 447 g/mol. The zero-order valence-corrected chi connectivity index (χ0v) is 17.9. The van der Waals surface area contributed by atoms with Gasteiger partial charge in [0, 0.05) is 24.8 Å². The molecule has 0 unspecified atom stereocenters. The van der Waals surface area contributed by atoms with Gasteiger partial charge in [-0.25, -0.2) is 12.7 Å². The monoisotopic (exact) mass is 446 g/mol. The molecule has 1 N–H and O–H groups in total. The number of hydrogen-bond acceptors (Lipinski definition) is 5. The SMILES string of the molecule is CCOc1ccc(NC(=O)COc2ccc(Cl)cc2Cl)cc1S(=O)(=O)N(C)C. The van der Waals surface area contributed by atoms with E-state index in [2.05, 4.69) is 5.32 Å². The first-order valence-corrected chi connectivity index (χ1v) is 10.4. The Balaban J connectivity index is 2.15. The third-order valence-electron chi connectivity index (χ3n) is 3.54. The highest BCUT2D eigenvalue weighted by molar-refractivity contribution is 7.89. The van der Waals surface area contributed by atoms with Gasteiger partial charge in [0.1, 0.15) is 16.4 Å². The van der Waals surface area contributed by atoms with Crippen molar-refractivity contribution < 1.29 is 22.7 Å². The molecule has 0 aromatic heterocycles. The van der Waals surface area contributed by atoms with Crippen molar-refractivity contribution in [3.05, 3.63) is 46.4 Å². The van der Waals surface area contributed by atoms with Gasteiger partial charge in [0.05, 0.1) is 11.6 Å². The second kappa shape index (κ2) is 9.47. The molecule has 0 bridgehead atoms. The van der Waals surface area contributed by atoms with Crippen LogP contribution in [0, 0.1) is 0 Å². The third-order valence-corrected chi connectivity index (χ3v) is 5.91. The summed E-state index contributed by atoms with van der Waals surface area (Å²) in [7, 11) is -0.924. The van der Waals surface area contributed by atoms with Crippen LogP contribution in [0.15, 0.2) is 41.3 Å². The van der Waals surface area contributed by atoms with Crippen LogP contribution in [0.2, 0.25) is 10.0 Å². The molecule has 0 heterocycles. The first kappa shape index (κ1) is 22.3. The van der Waals surface area contributed by atoms with Gasteiger partial charge in [-0.1, -0.05) is 23.2 Å². The van der Waals surface area contributed by atoms with Crippen LogP contribution >= 0.6 is 23.2 Å². The predicted molar refractivity (Wildman–Crippen MR) is 109 cm³/mol. The summed E-state index contributed by atoms with van der Waals surface area (Å²) < 4.78 is 36.9. The smallest absolute Gasteiger partial charge is 0.262 e. The van der Waals surface area contributed by atoms with Crippen molar-refractivity contribution in [2.75, 3.05) is 32.6 Å². The Kier molecular flexibility index (Phi) is 7.54. The number of halogens is 2. The fourth-order valence-electron chi connectivity index (χ4n) is 2.19. The summed E-state index contributed by atoms with van der Waals surface area (Å²) in [5.41, 5.74) is 0.291. The van der Waals surface area contributed by atoms with E-state index >= 15 is 0 Å². The molecular formula is C18H20Cl2N2O5S. The van der Waals surface area contributed by atoms with Crippen molar-refractivity contribution in [1.29, 1.82) is 0 Å². The molecule has 0 spiro atoms. The molecule has 1 amide bonds. The van der Waals surface area contributed by atoms with Crippen LogP contribution in [0.25, 0.3) is 0 Å². The number of nitrogens with one attached hydrogen (secondary N) is 1. The average Bonchev–Trinajstić information content (AvgIpc) is 2.62. The standard InChI is InChI=1S/C18H20Cl2N2O5S/c1-4-26-16-8-6-13(10-17(16)28(24,25)22(2)3)21-18(23)11-27-15-7-5-12(19)9-14(15)20/h5-10H,4,11H2,1-3H3,(H,21,23). The Labute approximate surface area is 174 Å². The Morgan fingerprint density at radius 3 is 2.36 bits per heavy atom. The zero-order valence-electron chi connectivity index (χ0n) is 15.5. The van der Waals surface area contributed by atoms with Gasteiger partial charge in [0.25, 0.3) is 5.91 Å². The number of hydrogen-bond donors (Lipinski definition) is 1. The fraction of sp³-hybridized carbons (Fsp3) is 0.278. The number of nitrogens with zero attached hydrogens (tertiary/aromatic N) is 1. The normalized spacial score (nSPS) is 11.4. The second-order valence-electron chi connectivity index (χ2n) is 5.79. The van der Waals surface area contributed by atoms with Crippen LogP contribution in [-0.4, -0.2) is 45.9 Å². The second-order valence-corrected chi connectivity index (χ2v) is 8.76. The number of carbonyl (C=O) groups excluding carboxylic acids is 1. The molecule has 0 aliphatic heterocycles. The van der Waals surface area contributed by atoms with Gasteiger partial charge in [-0.05, 0) is 43.3 Å². The maximum atomic E-state index is 12.5. The number of benzene rings is 2. The quantitative estimate of drug-likeness (QED) is 0.668. The third kappa shape index (κ3) is 5.51. The molecule has 10 heteroatoms. The van der Waals surface area contributed by atoms with Crippen molar-refractivity contribution in [2.45, 2.75) is 11.8 Å². The summed E-state index contributed by atoms with van der Waals surface area (Å²) in [5, 5.41) is 3.32. The van der Waals surface area contributed by atoms with Crippen molar-refractivity contribution in [3.63, 3.8) is 0 Å². The van der Waals surface area contributed by atoms with E-state index in [1.165, 1.54) is 32.3 Å². The Hall–Kier alpha value is -2.00. The fourth-order valence-corrected chi connectivity index (χ4v) is 3.71. The molecule has 28 heavy (non-hydrogen) atoms. The molecule has 2 aromatic carbocycles. The lowest BCUT2D eigenvalue weighted by molar-refractivity contribution is -0.118. The van der Waals surface area contributed by atoms with E-state index in [1.54, 1.807) is 25.1 Å². The Bertz CT molecular complexity index is 964. The zero-order chi connectivity index (χ0) is 20.9. The van der Waals surface area contributed by atoms with E-state index < -0.39 is 15.9 Å². The molecular weight excluding hydrogens is 427 g/mol. The number of amides is 1. The molecule has 0 fully saturated rings. The van der Waals surface area contributed by atoms with Crippen molar-refractivity contribution in [2.24, 2.45) is 0 Å². The number of sulfonamides is 1. The van der Waals surface area contributed by atoms with Crippen LogP contribution < -0.4 is 14.8 Å². The minimum atomic E-state index is -3.76. The molecule has 0 atom stereocenters. The summed E-state index contributed by atoms with van der Waals surface area (Å²) in [5.74, 6) is 0.0329. The molecule has 7 nitrogen and oxygen atoms in total. The van der Waals surface area contributed by atoms with E-state index in [9.17, 15) is 13.2 Å². The Morgan fingerprint density at radius 2 is 1.75 bits per heavy atom. The van der Waals surface area contributed by atoms with Gasteiger partial charge in [0.15, 0.2) is 6.61 Å². The van der Waals surface area contributed by atoms with E-state index in [1.807, 2.05) is 0 Å². The molecule has 0 aliphatic carbocycles. The lowest BCUT2D eigenvalue weighted by Crippen LogP contribution is -2.24. The summed E-state index contributed by atoms with van der Waals surface area (Å²) in [4.78, 5) is 12.1. The van der Waals surface area contributed by atoms with Gasteiger partial charge >= 0.3 is 0 Å². The molecule has 0 saturated heterocycles. The lowest BCUT2D eigenvalue weighted by Gasteiger charge is -2.16. The maximum absolute atomic E-state index is 12.5. The molecule has 0 saturated carbocycles. The highest BCUT2D eigenvalue weighted by atomic mass is 35.5. The first-order valence-electron chi connectivity index (χ1n) is 8.22. The number of carbonyl (C=O) groups is 1. The van der Waals surface area contributed by atoms with E-state index in [4.69, 9.17) is 32.7 Å². The molecule has 0 radical (unpaired) electrons. The van der Waals surface area contributed by atoms with E-state index in [-0.39, 0.29) is 22.3 Å². The summed E-state index contributed by atoms with van der Waals surface area (Å²) in [6, 6.07) is 9.02. The maximum Gasteiger partial charge on any atom is 0.262 e. The van der Waals surface area contributed by atoms with E-state index in [0.29, 0.717) is 23.1 Å². The van der Waals surface area contributed by atoms with Crippen LogP contribution in [0.4, 0.5) is 5.69 Å². The lowest BCUT2D eigenvalue weighted by atomic mass is 10.3. The van der Waals surface area contributed by atoms with Crippen LogP contribution in [0.3, 0.4) is 0 Å². The van der Waals surface area contributed by atoms with Crippen LogP contribution in [-0.2, 0) is 14.8 Å². The molecule has 2 rings (SSSR count). The highest BCUT2D eigenvalue weighted by Gasteiger charge is 2.23. The van der Waals surface area contributed by atoms with Gasteiger partial charge in [-0.3, -0.25) is 4.79 Å². The molecule has 2 aromatic rings. The summed E-state index contributed by atoms with van der Waals surface area (Å²) in [6.45, 7) is 1.74. The number of rotatable bonds is 8. The van der Waals surface area contributed by atoms with Crippen molar-refractivity contribution in [1.82, 2.24) is 4.31 Å². The van der Waals surface area contributed by atoms with Gasteiger partial charge in [-0.15, -0.1) is 0 Å². The minimum Gasteiger partial charge on any atom is -0.492 e. The van der Waals surface area contributed by atoms with Crippen LogP contribution in [0.1, 0.15) is 6.92 Å². The largest absolute Gasteiger partial charge is 0.492 e. The molecule has 0 aliphatic rings. The van der Waals surface area contributed by atoms with E-state index in [0.717, 1.165) is 4.31 Å². The Morgan fingerprint density at radius 1 is 1.07 bits per heavy atom. The summed E-state index contributed by atoms with van der Waals surface area (Å²) in [6.07, 6.45) is 0. The number of anilines is 1. The minimum absolute atomic E-state index is 0.0428. The predicted octanol–water partition coefficient (Wildman–Crippen LogP) is 3.66. The van der Waals surface area contributed by atoms with Crippen LogP contribution in [0.5, 0.6) is 11.5 Å². The highest BCUT2D eigenvalue weighted by Crippen LogP contribution is 2.30. The van der Waals surface area contributed by atoms with Gasteiger partial charge in [0.2, 0.25) is 10.0 Å². The topological polar surface area (TPSA) is 84.9 Å². The van der Waals surface area contributed by atoms with Crippen molar-refractivity contribution in [3.8, 4) is 11.5 Å². The summed E-state index contributed by atoms with van der Waals surface area (Å²) >= 11 is 11.8. The van der Waals surface area contributed by atoms with Gasteiger partial charge < -0.3 is 14.8 Å². The number of ether oxygens (including phenoxy) is 2.